The highest BCUT2D eigenvalue weighted by molar-refractivity contribution is 7.11. The summed E-state index contributed by atoms with van der Waals surface area (Å²) in [5.41, 5.74) is 3.03. The van der Waals surface area contributed by atoms with Crippen molar-refractivity contribution >= 4 is 29.4 Å². The molecule has 0 saturated heterocycles. The molecule has 6 nitrogen and oxygen atoms in total. The zero-order valence-corrected chi connectivity index (χ0v) is 11.3. The van der Waals surface area contributed by atoms with Crippen LogP contribution in [0.1, 0.15) is 10.4 Å². The number of pyridine rings is 1. The lowest BCUT2D eigenvalue weighted by Gasteiger charge is -2.03. The molecule has 0 aliphatic heterocycles. The Kier molecular flexibility index (Phi) is 4.96. The third-order valence-electron chi connectivity index (χ3n) is 2.31. The van der Waals surface area contributed by atoms with Gasteiger partial charge in [-0.05, 0) is 29.1 Å². The smallest absolute Gasteiger partial charge is 0.329 e. The number of nitrogens with zero attached hydrogens (tertiary/aromatic N) is 2. The Balaban J connectivity index is 1.76. The van der Waals surface area contributed by atoms with Crippen LogP contribution in [0.25, 0.3) is 0 Å². The summed E-state index contributed by atoms with van der Waals surface area (Å²) in [6, 6.07) is 7.24. The van der Waals surface area contributed by atoms with Crippen molar-refractivity contribution in [2.45, 2.75) is 6.54 Å². The first-order chi connectivity index (χ1) is 9.75. The fourth-order valence-electron chi connectivity index (χ4n) is 1.33. The van der Waals surface area contributed by atoms with E-state index in [1.807, 2.05) is 17.5 Å². The van der Waals surface area contributed by atoms with Crippen LogP contribution < -0.4 is 10.7 Å². The van der Waals surface area contributed by atoms with E-state index in [0.29, 0.717) is 0 Å². The second kappa shape index (κ2) is 7.15. The van der Waals surface area contributed by atoms with Gasteiger partial charge >= 0.3 is 11.8 Å². The molecule has 0 fully saturated rings. The molecule has 2 aromatic rings. The molecule has 2 amide bonds. The molecule has 7 heteroatoms. The maximum atomic E-state index is 11.5. The van der Waals surface area contributed by atoms with Crippen molar-refractivity contribution in [3.05, 3.63) is 52.5 Å². The fourth-order valence-corrected chi connectivity index (χ4v) is 1.92. The summed E-state index contributed by atoms with van der Waals surface area (Å²) < 4.78 is 0. The molecule has 0 aliphatic carbocycles. The second-order valence-corrected chi connectivity index (χ2v) is 4.73. The van der Waals surface area contributed by atoms with Crippen LogP contribution in [0.15, 0.2) is 47.1 Å². The van der Waals surface area contributed by atoms with Gasteiger partial charge in [-0.2, -0.15) is 5.10 Å². The zero-order valence-electron chi connectivity index (χ0n) is 10.4. The number of carbonyl (C=O) groups is 2. The van der Waals surface area contributed by atoms with Crippen molar-refractivity contribution in [2.24, 2.45) is 5.10 Å². The SMILES string of the molecule is O=C(NCc1ccncc1)C(=O)N/N=C\c1cccs1. The molecule has 2 rings (SSSR count). The van der Waals surface area contributed by atoms with Crippen LogP contribution in [-0.4, -0.2) is 23.0 Å². The van der Waals surface area contributed by atoms with Crippen LogP contribution in [0, 0.1) is 0 Å². The molecular formula is C13H12N4O2S. The highest BCUT2D eigenvalue weighted by Gasteiger charge is 2.11. The number of nitrogens with one attached hydrogen (secondary N) is 2. The first-order valence-electron chi connectivity index (χ1n) is 5.79. The first-order valence-corrected chi connectivity index (χ1v) is 6.67. The molecular weight excluding hydrogens is 276 g/mol. The Morgan fingerprint density at radius 1 is 1.25 bits per heavy atom. The van der Waals surface area contributed by atoms with Gasteiger partial charge in [0, 0.05) is 23.8 Å². The quantitative estimate of drug-likeness (QED) is 0.498. The number of carbonyl (C=O) groups excluding carboxylic acids is 2. The van der Waals surface area contributed by atoms with E-state index in [2.05, 4.69) is 20.8 Å². The largest absolute Gasteiger partial charge is 0.344 e. The standard InChI is InChI=1S/C13H12N4O2S/c18-12(15-8-10-3-5-14-6-4-10)13(19)17-16-9-11-2-1-7-20-11/h1-7,9H,8H2,(H,15,18)(H,17,19)/b16-9-. The van der Waals surface area contributed by atoms with Gasteiger partial charge in [0.15, 0.2) is 0 Å². The van der Waals surface area contributed by atoms with E-state index in [0.717, 1.165) is 10.4 Å². The molecule has 2 heterocycles. The van der Waals surface area contributed by atoms with Gasteiger partial charge in [0.05, 0.1) is 6.21 Å². The first kappa shape index (κ1) is 13.9. The monoisotopic (exact) mass is 288 g/mol. The third-order valence-corrected chi connectivity index (χ3v) is 3.12. The summed E-state index contributed by atoms with van der Waals surface area (Å²) >= 11 is 1.48. The molecule has 0 spiro atoms. The summed E-state index contributed by atoms with van der Waals surface area (Å²) in [7, 11) is 0. The number of aromatic nitrogens is 1. The maximum Gasteiger partial charge on any atom is 0.329 e. The number of amides is 2. The molecule has 102 valence electrons. The molecule has 2 N–H and O–H groups in total. The minimum Gasteiger partial charge on any atom is -0.344 e. The minimum absolute atomic E-state index is 0.267. The van der Waals surface area contributed by atoms with E-state index in [1.54, 1.807) is 24.5 Å². The van der Waals surface area contributed by atoms with Crippen LogP contribution in [0.4, 0.5) is 0 Å². The van der Waals surface area contributed by atoms with E-state index in [4.69, 9.17) is 0 Å². The molecule has 0 aromatic carbocycles. The molecule has 0 aliphatic rings. The van der Waals surface area contributed by atoms with Crippen molar-refractivity contribution in [1.82, 2.24) is 15.7 Å². The van der Waals surface area contributed by atoms with Crippen LogP contribution >= 0.6 is 11.3 Å². The molecule has 0 unspecified atom stereocenters. The molecule has 20 heavy (non-hydrogen) atoms. The Labute approximate surface area is 119 Å². The minimum atomic E-state index is -0.799. The van der Waals surface area contributed by atoms with Crippen molar-refractivity contribution in [3.8, 4) is 0 Å². The van der Waals surface area contributed by atoms with Crippen molar-refractivity contribution < 1.29 is 9.59 Å². The normalized spacial score (nSPS) is 10.4. The van der Waals surface area contributed by atoms with Gasteiger partial charge in [-0.25, -0.2) is 5.43 Å². The van der Waals surface area contributed by atoms with Gasteiger partial charge < -0.3 is 5.32 Å². The van der Waals surface area contributed by atoms with E-state index < -0.39 is 11.8 Å². The number of thiophene rings is 1. The molecule has 0 bridgehead atoms. The van der Waals surface area contributed by atoms with E-state index in [-0.39, 0.29) is 6.54 Å². The van der Waals surface area contributed by atoms with Gasteiger partial charge in [-0.3, -0.25) is 14.6 Å². The number of hydrazone groups is 1. The molecule has 0 atom stereocenters. The third kappa shape index (κ3) is 4.29. The van der Waals surface area contributed by atoms with Gasteiger partial charge in [-0.1, -0.05) is 6.07 Å². The lowest BCUT2D eigenvalue weighted by Crippen LogP contribution is -2.37. The van der Waals surface area contributed by atoms with E-state index >= 15 is 0 Å². The van der Waals surface area contributed by atoms with Gasteiger partial charge in [0.2, 0.25) is 0 Å². The highest BCUT2D eigenvalue weighted by atomic mass is 32.1. The van der Waals surface area contributed by atoms with Crippen molar-refractivity contribution in [1.29, 1.82) is 0 Å². The lowest BCUT2D eigenvalue weighted by atomic mass is 10.3. The summed E-state index contributed by atoms with van der Waals surface area (Å²) in [5, 5.41) is 8.09. The van der Waals surface area contributed by atoms with Gasteiger partial charge in [0.25, 0.3) is 0 Å². The van der Waals surface area contributed by atoms with Crippen molar-refractivity contribution in [3.63, 3.8) is 0 Å². The number of hydrogen-bond acceptors (Lipinski definition) is 5. The Bertz CT molecular complexity index is 596. The average molecular weight is 288 g/mol. The van der Waals surface area contributed by atoms with Gasteiger partial charge in [-0.15, -0.1) is 11.3 Å². The Hall–Kier alpha value is -2.54. The topological polar surface area (TPSA) is 83.5 Å². The molecule has 0 saturated carbocycles. The van der Waals surface area contributed by atoms with Crippen LogP contribution in [-0.2, 0) is 16.1 Å². The van der Waals surface area contributed by atoms with Crippen molar-refractivity contribution in [2.75, 3.05) is 0 Å². The summed E-state index contributed by atoms with van der Waals surface area (Å²) in [4.78, 5) is 27.7. The Morgan fingerprint density at radius 2 is 2.05 bits per heavy atom. The number of rotatable bonds is 4. The average Bonchev–Trinajstić information content (AvgIpc) is 2.99. The highest BCUT2D eigenvalue weighted by Crippen LogP contribution is 2.03. The van der Waals surface area contributed by atoms with Gasteiger partial charge in [0.1, 0.15) is 0 Å². The zero-order chi connectivity index (χ0) is 14.2. The fraction of sp³-hybridized carbons (Fsp3) is 0.0769. The summed E-state index contributed by atoms with van der Waals surface area (Å²) in [6.07, 6.45) is 4.72. The van der Waals surface area contributed by atoms with E-state index in [9.17, 15) is 9.59 Å². The van der Waals surface area contributed by atoms with E-state index in [1.165, 1.54) is 17.6 Å². The number of hydrogen-bond donors (Lipinski definition) is 2. The summed E-state index contributed by atoms with van der Waals surface area (Å²) in [6.45, 7) is 0.267. The van der Waals surface area contributed by atoms with Crippen LogP contribution in [0.2, 0.25) is 0 Å². The van der Waals surface area contributed by atoms with Crippen LogP contribution in [0.3, 0.4) is 0 Å². The Morgan fingerprint density at radius 3 is 2.75 bits per heavy atom. The predicted octanol–water partition coefficient (Wildman–Crippen LogP) is 0.910. The predicted molar refractivity (Wildman–Crippen MR) is 76.1 cm³/mol. The molecule has 2 aromatic heterocycles. The van der Waals surface area contributed by atoms with Crippen LogP contribution in [0.5, 0.6) is 0 Å². The lowest BCUT2D eigenvalue weighted by molar-refractivity contribution is -0.139. The second-order valence-electron chi connectivity index (χ2n) is 3.75. The molecule has 0 radical (unpaired) electrons. The summed E-state index contributed by atoms with van der Waals surface area (Å²) in [5.74, 6) is -1.53. The maximum absolute atomic E-state index is 11.5.